The van der Waals surface area contributed by atoms with Crippen LogP contribution in [-0.2, 0) is 4.79 Å². The Morgan fingerprint density at radius 2 is 2.39 bits per heavy atom. The van der Waals surface area contributed by atoms with Crippen molar-refractivity contribution in [2.75, 3.05) is 29.6 Å². The van der Waals surface area contributed by atoms with E-state index in [1.807, 2.05) is 42.3 Å². The van der Waals surface area contributed by atoms with Gasteiger partial charge in [-0.3, -0.25) is 4.79 Å². The maximum atomic E-state index is 12.0. The van der Waals surface area contributed by atoms with Gasteiger partial charge in [-0.1, -0.05) is 12.1 Å². The lowest BCUT2D eigenvalue weighted by Gasteiger charge is -2.22. The number of rotatable bonds is 4. The lowest BCUT2D eigenvalue weighted by molar-refractivity contribution is -0.116. The third kappa shape index (κ3) is 3.93. The molecular weight excluding hydrogens is 264 g/mol. The van der Waals surface area contributed by atoms with Crippen LogP contribution in [0, 0.1) is 0 Å². The first kappa shape index (κ1) is 13.8. The third-order valence-electron chi connectivity index (χ3n) is 2.81. The van der Waals surface area contributed by atoms with Gasteiger partial charge < -0.3 is 10.6 Å². The molecule has 1 unspecified atom stereocenters. The predicted molar refractivity (Wildman–Crippen MR) is 80.6 cm³/mol. The molecule has 0 aliphatic carbocycles. The van der Waals surface area contributed by atoms with Crippen LogP contribution >= 0.6 is 23.5 Å². The molecule has 2 N–H and O–H groups in total. The normalized spacial score (nSPS) is 19.5. The van der Waals surface area contributed by atoms with Gasteiger partial charge in [-0.15, -0.1) is 11.8 Å². The molecule has 1 atom stereocenters. The lowest BCUT2D eigenvalue weighted by atomic mass is 10.2. The largest absolute Gasteiger partial charge is 0.325 e. The van der Waals surface area contributed by atoms with E-state index >= 15 is 0 Å². The number of amides is 1. The minimum absolute atomic E-state index is 0.0940. The van der Waals surface area contributed by atoms with Gasteiger partial charge in [-0.05, 0) is 18.4 Å². The number of anilines is 1. The van der Waals surface area contributed by atoms with Gasteiger partial charge >= 0.3 is 0 Å². The molecule has 1 aromatic carbocycles. The fourth-order valence-electron chi connectivity index (χ4n) is 1.92. The van der Waals surface area contributed by atoms with E-state index in [9.17, 15) is 4.79 Å². The highest BCUT2D eigenvalue weighted by Gasteiger charge is 2.17. The quantitative estimate of drug-likeness (QED) is 0.832. The molecule has 5 heteroatoms. The molecule has 1 aromatic rings. The zero-order valence-corrected chi connectivity index (χ0v) is 12.1. The van der Waals surface area contributed by atoms with Crippen molar-refractivity contribution in [3.05, 3.63) is 24.3 Å². The molecule has 0 saturated carbocycles. The summed E-state index contributed by atoms with van der Waals surface area (Å²) in [6.45, 7) is 1.00. The fourth-order valence-corrected chi connectivity index (χ4v) is 3.43. The van der Waals surface area contributed by atoms with Crippen LogP contribution in [0.1, 0.15) is 6.42 Å². The highest BCUT2D eigenvalue weighted by atomic mass is 32.2. The first-order valence-electron chi connectivity index (χ1n) is 6.03. The number of thioether (sulfide) groups is 2. The van der Waals surface area contributed by atoms with Crippen molar-refractivity contribution in [1.29, 1.82) is 0 Å². The Morgan fingerprint density at radius 3 is 3.11 bits per heavy atom. The maximum Gasteiger partial charge on any atom is 0.226 e. The van der Waals surface area contributed by atoms with E-state index in [0.717, 1.165) is 28.6 Å². The van der Waals surface area contributed by atoms with Crippen LogP contribution in [0.25, 0.3) is 0 Å². The molecule has 18 heavy (non-hydrogen) atoms. The Labute approximate surface area is 116 Å². The predicted octanol–water partition coefficient (Wildman–Crippen LogP) is 2.44. The fraction of sp³-hybridized carbons (Fsp3) is 0.462. The highest BCUT2D eigenvalue weighted by Crippen LogP contribution is 2.24. The smallest absolute Gasteiger partial charge is 0.226 e. The molecular formula is C13H18N2OS2. The molecule has 1 heterocycles. The number of hydrogen-bond donors (Lipinski definition) is 2. The zero-order chi connectivity index (χ0) is 12.8. The monoisotopic (exact) mass is 282 g/mol. The van der Waals surface area contributed by atoms with Crippen LogP contribution in [0.5, 0.6) is 0 Å². The Kier molecular flexibility index (Phi) is 5.41. The van der Waals surface area contributed by atoms with Crippen molar-refractivity contribution in [2.45, 2.75) is 17.4 Å². The van der Waals surface area contributed by atoms with Gasteiger partial charge in [0.05, 0.1) is 5.69 Å². The van der Waals surface area contributed by atoms with E-state index in [1.54, 1.807) is 11.8 Å². The zero-order valence-electron chi connectivity index (χ0n) is 10.4. The lowest BCUT2D eigenvalue weighted by Crippen LogP contribution is -2.39. The molecule has 1 aliphatic heterocycles. The van der Waals surface area contributed by atoms with Gasteiger partial charge in [0.2, 0.25) is 5.91 Å². The number of nitrogens with one attached hydrogen (secondary N) is 2. The van der Waals surface area contributed by atoms with Crippen LogP contribution < -0.4 is 10.6 Å². The minimum atomic E-state index is 0.0940. The highest BCUT2D eigenvalue weighted by molar-refractivity contribution is 7.99. The molecule has 1 aliphatic rings. The second kappa shape index (κ2) is 7.07. The summed E-state index contributed by atoms with van der Waals surface area (Å²) in [5, 5.41) is 6.38. The summed E-state index contributed by atoms with van der Waals surface area (Å²) in [5.74, 6) is 2.27. The number of carbonyl (C=O) groups is 1. The Bertz CT molecular complexity index is 406. The summed E-state index contributed by atoms with van der Waals surface area (Å²) in [5.41, 5.74) is 0.915. The first-order valence-corrected chi connectivity index (χ1v) is 8.41. The van der Waals surface area contributed by atoms with Crippen molar-refractivity contribution in [1.82, 2.24) is 5.32 Å². The van der Waals surface area contributed by atoms with Crippen LogP contribution in [0.15, 0.2) is 29.2 Å². The molecule has 1 saturated heterocycles. The van der Waals surface area contributed by atoms with Crippen molar-refractivity contribution in [2.24, 2.45) is 0 Å². The van der Waals surface area contributed by atoms with Crippen molar-refractivity contribution < 1.29 is 4.79 Å². The number of hydrogen-bond acceptors (Lipinski definition) is 4. The number of para-hydroxylation sites is 1. The second-order valence-electron chi connectivity index (χ2n) is 4.18. The summed E-state index contributed by atoms with van der Waals surface area (Å²) in [6.07, 6.45) is 2.57. The van der Waals surface area contributed by atoms with Gasteiger partial charge in [0.15, 0.2) is 0 Å². The average molecular weight is 282 g/mol. The molecule has 0 spiro atoms. The molecule has 1 amide bonds. The van der Waals surface area contributed by atoms with Gasteiger partial charge in [-0.2, -0.15) is 11.8 Å². The summed E-state index contributed by atoms with van der Waals surface area (Å²) in [6, 6.07) is 8.22. The van der Waals surface area contributed by atoms with Crippen molar-refractivity contribution >= 4 is 35.1 Å². The van der Waals surface area contributed by atoms with E-state index in [2.05, 4.69) is 10.6 Å². The minimum Gasteiger partial charge on any atom is -0.325 e. The van der Waals surface area contributed by atoms with E-state index in [4.69, 9.17) is 0 Å². The molecule has 0 aromatic heterocycles. The first-order chi connectivity index (χ1) is 8.79. The standard InChI is InChI=1S/C13H18N2OS2/c1-17-12-5-3-2-4-11(12)15-13(16)8-10-9-18-7-6-14-10/h2-5,10,14H,6-9H2,1H3,(H,15,16). The van der Waals surface area contributed by atoms with Crippen LogP contribution in [0.4, 0.5) is 5.69 Å². The van der Waals surface area contributed by atoms with Crippen molar-refractivity contribution in [3.63, 3.8) is 0 Å². The molecule has 0 radical (unpaired) electrons. The van der Waals surface area contributed by atoms with Crippen molar-refractivity contribution in [3.8, 4) is 0 Å². The summed E-state index contributed by atoms with van der Waals surface area (Å²) in [7, 11) is 0. The molecule has 0 bridgehead atoms. The Balaban J connectivity index is 1.90. The van der Waals surface area contributed by atoms with E-state index < -0.39 is 0 Å². The second-order valence-corrected chi connectivity index (χ2v) is 6.18. The summed E-state index contributed by atoms with van der Waals surface area (Å²) in [4.78, 5) is 13.1. The third-order valence-corrected chi connectivity index (χ3v) is 4.74. The number of benzene rings is 1. The van der Waals surface area contributed by atoms with Crippen LogP contribution in [-0.4, -0.2) is 36.3 Å². The number of carbonyl (C=O) groups excluding carboxylic acids is 1. The SMILES string of the molecule is CSc1ccccc1NC(=O)CC1CSCCN1. The van der Waals surface area contributed by atoms with Gasteiger partial charge in [0.25, 0.3) is 0 Å². The average Bonchev–Trinajstić information content (AvgIpc) is 2.40. The molecule has 3 nitrogen and oxygen atoms in total. The Hall–Kier alpha value is -0.650. The van der Waals surface area contributed by atoms with Gasteiger partial charge in [-0.25, -0.2) is 0 Å². The van der Waals surface area contributed by atoms with Crippen LogP contribution in [0.2, 0.25) is 0 Å². The molecule has 1 fully saturated rings. The summed E-state index contributed by atoms with van der Waals surface area (Å²) >= 11 is 3.56. The van der Waals surface area contributed by atoms with Crippen LogP contribution in [0.3, 0.4) is 0 Å². The molecule has 2 rings (SSSR count). The van der Waals surface area contributed by atoms with E-state index in [-0.39, 0.29) is 5.91 Å². The van der Waals surface area contributed by atoms with Gasteiger partial charge in [0, 0.05) is 35.4 Å². The van der Waals surface area contributed by atoms with E-state index in [0.29, 0.717) is 12.5 Å². The maximum absolute atomic E-state index is 12.0. The summed E-state index contributed by atoms with van der Waals surface area (Å²) < 4.78 is 0. The van der Waals surface area contributed by atoms with Gasteiger partial charge in [0.1, 0.15) is 0 Å². The molecule has 98 valence electrons. The van der Waals surface area contributed by atoms with E-state index in [1.165, 1.54) is 0 Å². The Morgan fingerprint density at radius 1 is 1.56 bits per heavy atom. The topological polar surface area (TPSA) is 41.1 Å².